The molecule has 0 aromatic heterocycles. The summed E-state index contributed by atoms with van der Waals surface area (Å²) >= 11 is 0. The van der Waals surface area contributed by atoms with E-state index >= 15 is 0 Å². The van der Waals surface area contributed by atoms with Gasteiger partial charge < -0.3 is 15.1 Å². The van der Waals surface area contributed by atoms with E-state index in [1.165, 1.54) is 12.1 Å². The standard InChI is InChI=1S/C11H14FNO3/c1-13(2)6-7-3-8(5-10(14)15)11(16)9(12)4-7/h3-4,16H,5-6H2,1-2H3,(H,14,15). The number of nitrogens with zero attached hydrogens (tertiary/aromatic N) is 1. The third-order valence-corrected chi connectivity index (χ3v) is 2.04. The summed E-state index contributed by atoms with van der Waals surface area (Å²) in [5.41, 5.74) is 0.737. The highest BCUT2D eigenvalue weighted by atomic mass is 19.1. The first-order valence-electron chi connectivity index (χ1n) is 4.77. The Morgan fingerprint density at radius 1 is 1.44 bits per heavy atom. The van der Waals surface area contributed by atoms with Gasteiger partial charge in [0.25, 0.3) is 0 Å². The second-order valence-electron chi connectivity index (χ2n) is 3.89. The van der Waals surface area contributed by atoms with E-state index in [1.807, 2.05) is 19.0 Å². The quantitative estimate of drug-likeness (QED) is 0.812. The molecule has 0 heterocycles. The largest absolute Gasteiger partial charge is 0.505 e. The molecule has 0 bridgehead atoms. The van der Waals surface area contributed by atoms with Crippen LogP contribution in [-0.2, 0) is 17.8 Å². The van der Waals surface area contributed by atoms with E-state index in [1.54, 1.807) is 0 Å². The van der Waals surface area contributed by atoms with Crippen LogP contribution in [0.15, 0.2) is 12.1 Å². The summed E-state index contributed by atoms with van der Waals surface area (Å²) in [5, 5.41) is 18.0. The maximum absolute atomic E-state index is 13.3. The molecule has 16 heavy (non-hydrogen) atoms. The maximum atomic E-state index is 13.3. The summed E-state index contributed by atoms with van der Waals surface area (Å²) in [4.78, 5) is 12.4. The molecule has 0 aliphatic carbocycles. The first-order chi connectivity index (χ1) is 7.40. The summed E-state index contributed by atoms with van der Waals surface area (Å²) in [6.45, 7) is 0.490. The van der Waals surface area contributed by atoms with Crippen molar-refractivity contribution in [1.29, 1.82) is 0 Å². The number of phenols is 1. The zero-order chi connectivity index (χ0) is 12.3. The molecule has 88 valence electrons. The normalized spacial score (nSPS) is 10.8. The number of hydrogen-bond donors (Lipinski definition) is 2. The van der Waals surface area contributed by atoms with Crippen molar-refractivity contribution in [2.75, 3.05) is 14.1 Å². The van der Waals surface area contributed by atoms with Crippen molar-refractivity contribution >= 4 is 5.97 Å². The molecule has 0 spiro atoms. The van der Waals surface area contributed by atoms with Crippen molar-refractivity contribution in [3.8, 4) is 5.75 Å². The van der Waals surface area contributed by atoms with E-state index in [0.29, 0.717) is 12.1 Å². The van der Waals surface area contributed by atoms with Crippen molar-refractivity contribution in [2.45, 2.75) is 13.0 Å². The zero-order valence-corrected chi connectivity index (χ0v) is 9.20. The molecule has 0 fully saturated rings. The number of halogens is 1. The maximum Gasteiger partial charge on any atom is 0.307 e. The summed E-state index contributed by atoms with van der Waals surface area (Å²) in [7, 11) is 3.64. The smallest absolute Gasteiger partial charge is 0.307 e. The molecule has 4 nitrogen and oxygen atoms in total. The lowest BCUT2D eigenvalue weighted by molar-refractivity contribution is -0.136. The van der Waals surface area contributed by atoms with Gasteiger partial charge in [-0.25, -0.2) is 4.39 Å². The van der Waals surface area contributed by atoms with Crippen LogP contribution in [0.2, 0.25) is 0 Å². The van der Waals surface area contributed by atoms with Crippen LogP contribution >= 0.6 is 0 Å². The monoisotopic (exact) mass is 227 g/mol. The van der Waals surface area contributed by atoms with Crippen molar-refractivity contribution in [3.05, 3.63) is 29.1 Å². The Labute approximate surface area is 92.9 Å². The van der Waals surface area contributed by atoms with Crippen LogP contribution in [0.25, 0.3) is 0 Å². The van der Waals surface area contributed by atoms with Crippen LogP contribution in [-0.4, -0.2) is 35.2 Å². The number of carboxylic acid groups (broad SMARTS) is 1. The van der Waals surface area contributed by atoms with Crippen LogP contribution in [0.3, 0.4) is 0 Å². The lowest BCUT2D eigenvalue weighted by atomic mass is 10.1. The molecule has 0 saturated carbocycles. The van der Waals surface area contributed by atoms with E-state index in [0.717, 1.165) is 0 Å². The molecular weight excluding hydrogens is 213 g/mol. The number of aromatic hydroxyl groups is 1. The van der Waals surface area contributed by atoms with Gasteiger partial charge in [-0.05, 0) is 25.7 Å². The molecular formula is C11H14FNO3. The van der Waals surface area contributed by atoms with Gasteiger partial charge in [-0.1, -0.05) is 6.07 Å². The van der Waals surface area contributed by atoms with Crippen molar-refractivity contribution in [1.82, 2.24) is 4.90 Å². The summed E-state index contributed by atoms with van der Waals surface area (Å²) in [6.07, 6.45) is -0.385. The molecule has 2 N–H and O–H groups in total. The number of rotatable bonds is 4. The zero-order valence-electron chi connectivity index (χ0n) is 9.20. The molecule has 1 aromatic carbocycles. The van der Waals surface area contributed by atoms with Gasteiger partial charge in [0.15, 0.2) is 11.6 Å². The summed E-state index contributed by atoms with van der Waals surface area (Å²) in [5.74, 6) is -2.46. The number of aliphatic carboxylic acids is 1. The number of carboxylic acids is 1. The van der Waals surface area contributed by atoms with Gasteiger partial charge in [-0.2, -0.15) is 0 Å². The summed E-state index contributed by atoms with van der Waals surface area (Å²) in [6, 6.07) is 2.72. The highest BCUT2D eigenvalue weighted by Gasteiger charge is 2.12. The van der Waals surface area contributed by atoms with E-state index < -0.39 is 17.5 Å². The van der Waals surface area contributed by atoms with Gasteiger partial charge in [0.05, 0.1) is 6.42 Å². The topological polar surface area (TPSA) is 60.8 Å². The van der Waals surface area contributed by atoms with Gasteiger partial charge in [0.2, 0.25) is 0 Å². The lowest BCUT2D eigenvalue weighted by Gasteiger charge is -2.12. The third-order valence-electron chi connectivity index (χ3n) is 2.04. The number of phenolic OH excluding ortho intramolecular Hbond substituents is 1. The molecule has 1 rings (SSSR count). The highest BCUT2D eigenvalue weighted by molar-refractivity contribution is 5.71. The number of carbonyl (C=O) groups is 1. The van der Waals surface area contributed by atoms with Crippen LogP contribution in [0, 0.1) is 5.82 Å². The van der Waals surface area contributed by atoms with E-state index in [-0.39, 0.29) is 12.0 Å². The average molecular weight is 227 g/mol. The SMILES string of the molecule is CN(C)Cc1cc(F)c(O)c(CC(=O)O)c1. The van der Waals surface area contributed by atoms with Gasteiger partial charge in [0, 0.05) is 12.1 Å². The summed E-state index contributed by atoms with van der Waals surface area (Å²) < 4.78 is 13.3. The molecule has 0 aliphatic rings. The van der Waals surface area contributed by atoms with Gasteiger partial charge in [-0.15, -0.1) is 0 Å². The predicted molar refractivity (Wildman–Crippen MR) is 56.8 cm³/mol. The fourth-order valence-electron chi connectivity index (χ4n) is 1.47. The van der Waals surface area contributed by atoms with Crippen LogP contribution in [0.1, 0.15) is 11.1 Å². The molecule has 1 aromatic rings. The molecule has 0 atom stereocenters. The molecule has 0 saturated heterocycles. The highest BCUT2D eigenvalue weighted by Crippen LogP contribution is 2.24. The molecule has 5 heteroatoms. The lowest BCUT2D eigenvalue weighted by Crippen LogP contribution is -2.11. The molecule has 0 unspecified atom stereocenters. The fraction of sp³-hybridized carbons (Fsp3) is 0.364. The molecule has 0 amide bonds. The van der Waals surface area contributed by atoms with Crippen molar-refractivity contribution in [3.63, 3.8) is 0 Å². The second kappa shape index (κ2) is 4.94. The minimum absolute atomic E-state index is 0.101. The van der Waals surface area contributed by atoms with Crippen molar-refractivity contribution < 1.29 is 19.4 Å². The van der Waals surface area contributed by atoms with E-state index in [2.05, 4.69) is 0 Å². The van der Waals surface area contributed by atoms with Crippen LogP contribution in [0.4, 0.5) is 4.39 Å². The van der Waals surface area contributed by atoms with E-state index in [9.17, 15) is 14.3 Å². The Kier molecular flexibility index (Phi) is 3.84. The van der Waals surface area contributed by atoms with Crippen LogP contribution < -0.4 is 0 Å². The first kappa shape index (κ1) is 12.4. The van der Waals surface area contributed by atoms with E-state index in [4.69, 9.17) is 5.11 Å². The molecule has 0 aliphatic heterocycles. The minimum Gasteiger partial charge on any atom is -0.505 e. The Morgan fingerprint density at radius 3 is 2.56 bits per heavy atom. The number of hydrogen-bond acceptors (Lipinski definition) is 3. The first-order valence-corrected chi connectivity index (χ1v) is 4.77. The number of benzene rings is 1. The van der Waals surface area contributed by atoms with Gasteiger partial charge in [0.1, 0.15) is 0 Å². The minimum atomic E-state index is -1.10. The Hall–Kier alpha value is -1.62. The second-order valence-corrected chi connectivity index (χ2v) is 3.89. The Balaban J connectivity index is 3.06. The average Bonchev–Trinajstić information content (AvgIpc) is 2.11. The third kappa shape index (κ3) is 3.20. The van der Waals surface area contributed by atoms with Crippen molar-refractivity contribution in [2.24, 2.45) is 0 Å². The molecule has 0 radical (unpaired) electrons. The van der Waals surface area contributed by atoms with Crippen LogP contribution in [0.5, 0.6) is 5.75 Å². The van der Waals surface area contributed by atoms with Gasteiger partial charge >= 0.3 is 5.97 Å². The fourth-order valence-corrected chi connectivity index (χ4v) is 1.47. The van der Waals surface area contributed by atoms with Gasteiger partial charge in [-0.3, -0.25) is 4.79 Å². The predicted octanol–water partition coefficient (Wildman–Crippen LogP) is 1.22. The Bertz CT molecular complexity index is 404. The Morgan fingerprint density at radius 2 is 2.06 bits per heavy atom.